The molecule has 4 rings (SSSR count). The fraction of sp³-hybridized carbons (Fsp3) is 0.400. The highest BCUT2D eigenvalue weighted by molar-refractivity contribution is 7.87. The van der Waals surface area contributed by atoms with Crippen molar-refractivity contribution in [1.29, 1.82) is 0 Å². The number of piperazine rings is 1. The lowest BCUT2D eigenvalue weighted by atomic mass is 10.1. The van der Waals surface area contributed by atoms with Crippen LogP contribution in [-0.4, -0.2) is 63.5 Å². The van der Waals surface area contributed by atoms with E-state index in [1.54, 1.807) is 24.3 Å². The summed E-state index contributed by atoms with van der Waals surface area (Å²) in [6.07, 6.45) is 0. The summed E-state index contributed by atoms with van der Waals surface area (Å²) in [5.41, 5.74) is 1.19. The van der Waals surface area contributed by atoms with E-state index in [1.165, 1.54) is 5.56 Å². The molecule has 1 fully saturated rings. The van der Waals surface area contributed by atoms with Crippen molar-refractivity contribution < 1.29 is 22.1 Å². The van der Waals surface area contributed by atoms with Gasteiger partial charge >= 0.3 is 10.1 Å². The first-order valence-electron chi connectivity index (χ1n) is 9.38. The van der Waals surface area contributed by atoms with Crippen molar-refractivity contribution in [3.63, 3.8) is 0 Å². The van der Waals surface area contributed by atoms with Crippen LogP contribution in [0.1, 0.15) is 5.56 Å². The van der Waals surface area contributed by atoms with Gasteiger partial charge in [0.05, 0.1) is 5.75 Å². The molecule has 7 nitrogen and oxygen atoms in total. The summed E-state index contributed by atoms with van der Waals surface area (Å²) in [6, 6.07) is 14.7. The summed E-state index contributed by atoms with van der Waals surface area (Å²) in [4.78, 5) is 4.53. The predicted octanol–water partition coefficient (Wildman–Crippen LogP) is 1.94. The Kier molecular flexibility index (Phi) is 5.70. The average Bonchev–Trinajstić information content (AvgIpc) is 3.16. The van der Waals surface area contributed by atoms with E-state index in [2.05, 4.69) is 15.9 Å². The fourth-order valence-corrected chi connectivity index (χ4v) is 4.34. The summed E-state index contributed by atoms with van der Waals surface area (Å²) in [5, 5.41) is 0. The number of hydrogen-bond acceptors (Lipinski definition) is 7. The van der Waals surface area contributed by atoms with Crippen LogP contribution >= 0.6 is 0 Å². The molecule has 2 aliphatic heterocycles. The largest absolute Gasteiger partial charge is 0.454 e. The van der Waals surface area contributed by atoms with Gasteiger partial charge in [-0.1, -0.05) is 24.3 Å². The minimum atomic E-state index is -3.58. The summed E-state index contributed by atoms with van der Waals surface area (Å²) >= 11 is 0. The Hall–Kier alpha value is -2.29. The van der Waals surface area contributed by atoms with E-state index in [1.807, 2.05) is 18.2 Å². The lowest BCUT2D eigenvalue weighted by molar-refractivity contribution is 0.132. The number of rotatable bonds is 7. The van der Waals surface area contributed by atoms with Crippen molar-refractivity contribution in [1.82, 2.24) is 9.80 Å². The van der Waals surface area contributed by atoms with Gasteiger partial charge in [-0.2, -0.15) is 8.42 Å². The topological polar surface area (TPSA) is 68.3 Å². The summed E-state index contributed by atoms with van der Waals surface area (Å²) < 4.78 is 40.2. The average molecular weight is 404 g/mol. The molecule has 2 aromatic carbocycles. The molecule has 0 aromatic heterocycles. The van der Waals surface area contributed by atoms with Crippen LogP contribution in [0.3, 0.4) is 0 Å². The van der Waals surface area contributed by atoms with Crippen LogP contribution < -0.4 is 13.7 Å². The molecular formula is C20H24N2O5S. The maximum absolute atomic E-state index is 12.2. The Morgan fingerprint density at radius 1 is 0.893 bits per heavy atom. The monoisotopic (exact) mass is 404 g/mol. The van der Waals surface area contributed by atoms with Gasteiger partial charge in [-0.3, -0.25) is 9.80 Å². The van der Waals surface area contributed by atoms with E-state index in [9.17, 15) is 8.42 Å². The predicted molar refractivity (Wildman–Crippen MR) is 105 cm³/mol. The molecule has 0 saturated carbocycles. The molecule has 2 heterocycles. The van der Waals surface area contributed by atoms with Gasteiger partial charge in [-0.25, -0.2) is 0 Å². The molecule has 0 radical (unpaired) electrons. The van der Waals surface area contributed by atoms with Crippen LogP contribution in [0, 0.1) is 0 Å². The van der Waals surface area contributed by atoms with Crippen LogP contribution in [0.25, 0.3) is 0 Å². The maximum Gasteiger partial charge on any atom is 0.310 e. The zero-order valence-corrected chi connectivity index (χ0v) is 16.4. The van der Waals surface area contributed by atoms with Gasteiger partial charge < -0.3 is 13.7 Å². The zero-order chi connectivity index (χ0) is 19.4. The van der Waals surface area contributed by atoms with Gasteiger partial charge in [-0.05, 0) is 29.8 Å². The Morgan fingerprint density at radius 2 is 1.61 bits per heavy atom. The SMILES string of the molecule is O=S(=O)(CCN1CCN(Cc2ccc3c(c2)OCO3)CC1)Oc1ccccc1. The number of ether oxygens (including phenoxy) is 2. The lowest BCUT2D eigenvalue weighted by Crippen LogP contribution is -2.47. The lowest BCUT2D eigenvalue weighted by Gasteiger charge is -2.34. The molecule has 0 spiro atoms. The van der Waals surface area contributed by atoms with E-state index < -0.39 is 10.1 Å². The minimum Gasteiger partial charge on any atom is -0.454 e. The molecule has 8 heteroatoms. The molecular weight excluding hydrogens is 380 g/mol. The smallest absolute Gasteiger partial charge is 0.310 e. The van der Waals surface area contributed by atoms with Crippen molar-refractivity contribution in [2.45, 2.75) is 6.54 Å². The minimum absolute atomic E-state index is 0.00987. The third kappa shape index (κ3) is 4.95. The van der Waals surface area contributed by atoms with E-state index >= 15 is 0 Å². The molecule has 0 bridgehead atoms. The normalized spacial score (nSPS) is 17.6. The summed E-state index contributed by atoms with van der Waals surface area (Å²) in [6.45, 7) is 5.08. The van der Waals surface area contributed by atoms with Crippen molar-refractivity contribution in [2.75, 3.05) is 45.3 Å². The van der Waals surface area contributed by atoms with E-state index in [-0.39, 0.29) is 12.5 Å². The molecule has 1 saturated heterocycles. The highest BCUT2D eigenvalue weighted by Crippen LogP contribution is 2.32. The fourth-order valence-electron chi connectivity index (χ4n) is 3.37. The number of benzene rings is 2. The van der Waals surface area contributed by atoms with Crippen LogP contribution in [0.5, 0.6) is 17.2 Å². The van der Waals surface area contributed by atoms with Gasteiger partial charge in [0.2, 0.25) is 6.79 Å². The number of fused-ring (bicyclic) bond motifs is 1. The second kappa shape index (κ2) is 8.38. The summed E-state index contributed by atoms with van der Waals surface area (Å²) in [7, 11) is -3.58. The van der Waals surface area contributed by atoms with Crippen LogP contribution in [0.2, 0.25) is 0 Å². The highest BCUT2D eigenvalue weighted by Gasteiger charge is 2.21. The molecule has 0 amide bonds. The van der Waals surface area contributed by atoms with E-state index in [0.29, 0.717) is 12.3 Å². The molecule has 2 aromatic rings. The van der Waals surface area contributed by atoms with Gasteiger partial charge in [-0.15, -0.1) is 0 Å². The van der Waals surface area contributed by atoms with Gasteiger partial charge in [0.25, 0.3) is 0 Å². The molecule has 150 valence electrons. The summed E-state index contributed by atoms with van der Waals surface area (Å²) in [5.74, 6) is 1.95. The number of hydrogen-bond donors (Lipinski definition) is 0. The van der Waals surface area contributed by atoms with E-state index in [0.717, 1.165) is 44.2 Å². The van der Waals surface area contributed by atoms with Gasteiger partial charge in [0.15, 0.2) is 11.5 Å². The third-order valence-electron chi connectivity index (χ3n) is 4.93. The van der Waals surface area contributed by atoms with Crippen LogP contribution in [0.4, 0.5) is 0 Å². The zero-order valence-electron chi connectivity index (χ0n) is 15.6. The molecule has 28 heavy (non-hydrogen) atoms. The Labute approximate surface area is 165 Å². The standard InChI is InChI=1S/C20H24N2O5S/c23-28(24,27-18-4-2-1-3-5-18)13-12-21-8-10-22(11-9-21)15-17-6-7-19-20(14-17)26-16-25-19/h1-7,14H,8-13,15-16H2. The first-order valence-corrected chi connectivity index (χ1v) is 11.0. The quantitative estimate of drug-likeness (QED) is 0.653. The van der Waals surface area contributed by atoms with Crippen molar-refractivity contribution in [3.05, 3.63) is 54.1 Å². The Bertz CT molecular complexity index is 896. The number of para-hydroxylation sites is 1. The molecule has 0 atom stereocenters. The van der Waals surface area contributed by atoms with Gasteiger partial charge in [0, 0.05) is 39.3 Å². The number of nitrogens with zero attached hydrogens (tertiary/aromatic N) is 2. The van der Waals surface area contributed by atoms with Crippen LogP contribution in [-0.2, 0) is 16.7 Å². The molecule has 0 N–H and O–H groups in total. The van der Waals surface area contributed by atoms with Crippen molar-refractivity contribution >= 4 is 10.1 Å². The second-order valence-electron chi connectivity index (χ2n) is 6.96. The Balaban J connectivity index is 1.22. The Morgan fingerprint density at radius 3 is 2.39 bits per heavy atom. The first-order chi connectivity index (χ1) is 13.6. The molecule has 0 aliphatic carbocycles. The maximum atomic E-state index is 12.2. The van der Waals surface area contributed by atoms with Crippen molar-refractivity contribution in [2.24, 2.45) is 0 Å². The van der Waals surface area contributed by atoms with E-state index in [4.69, 9.17) is 13.7 Å². The molecule has 2 aliphatic rings. The van der Waals surface area contributed by atoms with Crippen molar-refractivity contribution in [3.8, 4) is 17.2 Å². The van der Waals surface area contributed by atoms with Crippen LogP contribution in [0.15, 0.2) is 48.5 Å². The first kappa shape index (κ1) is 19.0. The van der Waals surface area contributed by atoms with Gasteiger partial charge in [0.1, 0.15) is 5.75 Å². The highest BCUT2D eigenvalue weighted by atomic mass is 32.2. The second-order valence-corrected chi connectivity index (χ2v) is 8.65. The third-order valence-corrected chi connectivity index (χ3v) is 6.06. The molecule has 0 unspecified atom stereocenters.